The molecule has 2 aromatic carbocycles. The van der Waals surface area contributed by atoms with Gasteiger partial charge in [0.15, 0.2) is 0 Å². The molecule has 2 aromatic rings. The maximum atomic E-state index is 13.2. The summed E-state index contributed by atoms with van der Waals surface area (Å²) in [5, 5.41) is 2.79. The van der Waals surface area contributed by atoms with Crippen molar-refractivity contribution in [3.63, 3.8) is 0 Å². The van der Waals surface area contributed by atoms with Gasteiger partial charge in [-0.15, -0.1) is 0 Å². The Morgan fingerprint density at radius 1 is 1.27 bits per heavy atom. The van der Waals surface area contributed by atoms with Crippen molar-refractivity contribution in [1.29, 1.82) is 0 Å². The fourth-order valence-corrected chi connectivity index (χ4v) is 3.46. The van der Waals surface area contributed by atoms with Gasteiger partial charge in [0, 0.05) is 18.3 Å². The third kappa shape index (κ3) is 4.75. The number of nitrogens with one attached hydrogen (secondary N) is 1. The van der Waals surface area contributed by atoms with Crippen molar-refractivity contribution < 1.29 is 18.7 Å². The number of benzene rings is 2. The molecule has 0 saturated heterocycles. The number of carbonyl (C=O) groups is 2. The SMILES string of the molecule is CC(C)CCN1C(=O)C(C)(C)COc2cc(NC(=O)c3ccc(F)cc3Cl)ccc21. The van der Waals surface area contributed by atoms with Crippen molar-refractivity contribution in [3.8, 4) is 5.75 Å². The summed E-state index contributed by atoms with van der Waals surface area (Å²) < 4.78 is 19.2. The molecule has 5 nitrogen and oxygen atoms in total. The maximum absolute atomic E-state index is 13.2. The number of ether oxygens (including phenoxy) is 1. The Kier molecular flexibility index (Phi) is 6.36. The quantitative estimate of drug-likeness (QED) is 0.675. The summed E-state index contributed by atoms with van der Waals surface area (Å²) in [6, 6.07) is 8.80. The number of anilines is 2. The molecule has 0 atom stereocenters. The normalized spacial score (nSPS) is 15.4. The van der Waals surface area contributed by atoms with E-state index in [-0.39, 0.29) is 23.1 Å². The van der Waals surface area contributed by atoms with Crippen LogP contribution < -0.4 is 15.0 Å². The summed E-state index contributed by atoms with van der Waals surface area (Å²) in [5.41, 5.74) is 0.684. The highest BCUT2D eigenvalue weighted by atomic mass is 35.5. The highest BCUT2D eigenvalue weighted by molar-refractivity contribution is 6.34. The highest BCUT2D eigenvalue weighted by Crippen LogP contribution is 2.38. The zero-order valence-corrected chi connectivity index (χ0v) is 18.3. The van der Waals surface area contributed by atoms with Crippen LogP contribution in [0.4, 0.5) is 15.8 Å². The van der Waals surface area contributed by atoms with Gasteiger partial charge in [-0.1, -0.05) is 25.4 Å². The maximum Gasteiger partial charge on any atom is 0.257 e. The molecule has 7 heteroatoms. The van der Waals surface area contributed by atoms with Crippen LogP contribution in [-0.2, 0) is 4.79 Å². The largest absolute Gasteiger partial charge is 0.490 e. The molecule has 0 bridgehead atoms. The van der Waals surface area contributed by atoms with E-state index in [1.807, 2.05) is 13.8 Å². The van der Waals surface area contributed by atoms with Gasteiger partial charge in [0.1, 0.15) is 18.2 Å². The lowest BCUT2D eigenvalue weighted by molar-refractivity contribution is -0.127. The Morgan fingerprint density at radius 3 is 2.67 bits per heavy atom. The number of carbonyl (C=O) groups excluding carboxylic acids is 2. The van der Waals surface area contributed by atoms with Crippen molar-refractivity contribution in [1.82, 2.24) is 0 Å². The molecule has 0 aliphatic carbocycles. The minimum atomic E-state index is -0.666. The second-order valence-corrected chi connectivity index (χ2v) is 8.98. The molecule has 1 aliphatic rings. The molecule has 160 valence electrons. The number of halogens is 2. The van der Waals surface area contributed by atoms with E-state index in [1.165, 1.54) is 12.1 Å². The molecule has 2 amide bonds. The van der Waals surface area contributed by atoms with Gasteiger partial charge >= 0.3 is 0 Å². The van der Waals surface area contributed by atoms with Crippen LogP contribution in [0.3, 0.4) is 0 Å². The molecule has 0 spiro atoms. The number of hydrogen-bond acceptors (Lipinski definition) is 3. The Bertz CT molecular complexity index is 975. The molecule has 0 radical (unpaired) electrons. The molecule has 30 heavy (non-hydrogen) atoms. The molecule has 0 unspecified atom stereocenters. The first-order valence-electron chi connectivity index (χ1n) is 9.94. The van der Waals surface area contributed by atoms with Gasteiger partial charge in [-0.25, -0.2) is 4.39 Å². The van der Waals surface area contributed by atoms with Gasteiger partial charge in [0.25, 0.3) is 5.91 Å². The van der Waals surface area contributed by atoms with Crippen LogP contribution in [0.5, 0.6) is 5.75 Å². The van der Waals surface area contributed by atoms with Crippen LogP contribution >= 0.6 is 11.6 Å². The summed E-state index contributed by atoms with van der Waals surface area (Å²) in [4.78, 5) is 27.4. The molecule has 0 saturated carbocycles. The topological polar surface area (TPSA) is 58.6 Å². The second-order valence-electron chi connectivity index (χ2n) is 8.57. The zero-order chi connectivity index (χ0) is 22.1. The summed E-state index contributed by atoms with van der Waals surface area (Å²) >= 11 is 5.98. The predicted octanol–water partition coefficient (Wildman–Crippen LogP) is 5.53. The van der Waals surface area contributed by atoms with Gasteiger partial charge in [0.2, 0.25) is 5.91 Å². The monoisotopic (exact) mass is 432 g/mol. The molecule has 0 fully saturated rings. The predicted molar refractivity (Wildman–Crippen MR) is 117 cm³/mol. The lowest BCUT2D eigenvalue weighted by Gasteiger charge is -2.28. The molecule has 1 N–H and O–H groups in total. The Morgan fingerprint density at radius 2 is 2.00 bits per heavy atom. The van der Waals surface area contributed by atoms with Crippen LogP contribution in [0.15, 0.2) is 36.4 Å². The van der Waals surface area contributed by atoms with Crippen LogP contribution in [0, 0.1) is 17.2 Å². The lowest BCUT2D eigenvalue weighted by atomic mass is 9.92. The van der Waals surface area contributed by atoms with E-state index < -0.39 is 17.1 Å². The molecular weight excluding hydrogens is 407 g/mol. The number of rotatable bonds is 5. The number of hydrogen-bond donors (Lipinski definition) is 1. The van der Waals surface area contributed by atoms with Gasteiger partial charge < -0.3 is 15.0 Å². The van der Waals surface area contributed by atoms with E-state index in [0.29, 0.717) is 29.6 Å². The average Bonchev–Trinajstić information content (AvgIpc) is 2.75. The average molecular weight is 433 g/mol. The van der Waals surface area contributed by atoms with Crippen LogP contribution in [0.1, 0.15) is 44.5 Å². The minimum absolute atomic E-state index is 0.0109. The minimum Gasteiger partial charge on any atom is -0.490 e. The van der Waals surface area contributed by atoms with Crippen molar-refractivity contribution in [2.75, 3.05) is 23.4 Å². The second kappa shape index (κ2) is 8.64. The Hall–Kier alpha value is -2.60. The van der Waals surface area contributed by atoms with Crippen LogP contribution in [0.2, 0.25) is 5.02 Å². The van der Waals surface area contributed by atoms with Crippen molar-refractivity contribution in [2.24, 2.45) is 11.3 Å². The number of amides is 2. The van der Waals surface area contributed by atoms with Crippen molar-refractivity contribution in [2.45, 2.75) is 34.1 Å². The summed E-state index contributed by atoms with van der Waals surface area (Å²) in [6.45, 7) is 8.78. The standard InChI is InChI=1S/C23H26ClFN2O3/c1-14(2)9-10-27-19-8-6-16(12-20(19)30-13-23(3,4)22(27)29)26-21(28)17-7-5-15(25)11-18(17)24/h5-8,11-12,14H,9-10,13H2,1-4H3,(H,26,28). The first kappa shape index (κ1) is 22.1. The van der Waals surface area contributed by atoms with E-state index in [0.717, 1.165) is 12.5 Å². The van der Waals surface area contributed by atoms with Crippen molar-refractivity contribution in [3.05, 3.63) is 52.8 Å². The van der Waals surface area contributed by atoms with Gasteiger partial charge in [-0.05, 0) is 56.5 Å². The molecule has 1 aliphatic heterocycles. The van der Waals surface area contributed by atoms with Gasteiger partial charge in [-0.2, -0.15) is 0 Å². The third-order valence-electron chi connectivity index (χ3n) is 5.03. The van der Waals surface area contributed by atoms with E-state index in [9.17, 15) is 14.0 Å². The first-order valence-corrected chi connectivity index (χ1v) is 10.3. The smallest absolute Gasteiger partial charge is 0.257 e. The Balaban J connectivity index is 1.89. The summed E-state index contributed by atoms with van der Waals surface area (Å²) in [6.07, 6.45) is 0.864. The third-order valence-corrected chi connectivity index (χ3v) is 5.34. The lowest BCUT2D eigenvalue weighted by Crippen LogP contribution is -2.42. The highest BCUT2D eigenvalue weighted by Gasteiger charge is 2.37. The van der Waals surface area contributed by atoms with E-state index in [4.69, 9.17) is 16.3 Å². The van der Waals surface area contributed by atoms with E-state index in [2.05, 4.69) is 19.2 Å². The fourth-order valence-electron chi connectivity index (χ4n) is 3.21. The fraction of sp³-hybridized carbons (Fsp3) is 0.391. The van der Waals surface area contributed by atoms with Gasteiger partial charge in [0.05, 0.1) is 21.7 Å². The Labute approximate surface area is 181 Å². The molecule has 3 rings (SSSR count). The molecule has 1 heterocycles. The van der Waals surface area contributed by atoms with E-state index in [1.54, 1.807) is 23.1 Å². The first-order chi connectivity index (χ1) is 14.1. The number of nitrogens with zero attached hydrogens (tertiary/aromatic N) is 1. The summed E-state index contributed by atoms with van der Waals surface area (Å²) in [7, 11) is 0. The summed E-state index contributed by atoms with van der Waals surface area (Å²) in [5.74, 6) is 0.0235. The molecular formula is C23H26ClFN2O3. The van der Waals surface area contributed by atoms with E-state index >= 15 is 0 Å². The van der Waals surface area contributed by atoms with Gasteiger partial charge in [-0.3, -0.25) is 9.59 Å². The molecule has 0 aromatic heterocycles. The number of fused-ring (bicyclic) bond motifs is 1. The van der Waals surface area contributed by atoms with Crippen LogP contribution in [0.25, 0.3) is 0 Å². The zero-order valence-electron chi connectivity index (χ0n) is 17.6. The van der Waals surface area contributed by atoms with Crippen LogP contribution in [-0.4, -0.2) is 25.0 Å². The van der Waals surface area contributed by atoms with Crippen molar-refractivity contribution >= 4 is 34.8 Å².